The highest BCUT2D eigenvalue weighted by Crippen LogP contribution is 2.11. The lowest BCUT2D eigenvalue weighted by atomic mass is 10.1. The molecule has 0 spiro atoms. The third-order valence-corrected chi connectivity index (χ3v) is 2.04. The van der Waals surface area contributed by atoms with E-state index in [0.717, 1.165) is 5.56 Å². The van der Waals surface area contributed by atoms with Gasteiger partial charge in [-0.25, -0.2) is 0 Å². The van der Waals surface area contributed by atoms with Gasteiger partial charge in [0.05, 0.1) is 6.61 Å². The molecule has 0 bridgehead atoms. The van der Waals surface area contributed by atoms with Crippen molar-refractivity contribution in [2.24, 2.45) is 5.73 Å². The smallest absolute Gasteiger partial charge is 0.249 e. The van der Waals surface area contributed by atoms with Gasteiger partial charge in [-0.1, -0.05) is 30.3 Å². The maximum Gasteiger partial charge on any atom is 0.249 e. The highest BCUT2D eigenvalue weighted by molar-refractivity contribution is 5.82. The molecule has 0 aromatic heterocycles. The zero-order valence-electron chi connectivity index (χ0n) is 8.49. The average molecular weight is 193 g/mol. The Balaban J connectivity index is 2.53. The summed E-state index contributed by atoms with van der Waals surface area (Å²) in [6.45, 7) is 3.73. The molecule has 0 fully saturated rings. The van der Waals surface area contributed by atoms with Crippen molar-refractivity contribution in [2.45, 2.75) is 26.1 Å². The minimum absolute atomic E-state index is 0.400. The lowest BCUT2D eigenvalue weighted by Crippen LogP contribution is -2.40. The lowest BCUT2D eigenvalue weighted by Gasteiger charge is -2.21. The Morgan fingerprint density at radius 2 is 1.93 bits per heavy atom. The van der Waals surface area contributed by atoms with Gasteiger partial charge >= 0.3 is 0 Å². The summed E-state index contributed by atoms with van der Waals surface area (Å²) in [6, 6.07) is 9.67. The van der Waals surface area contributed by atoms with Crippen LogP contribution in [-0.4, -0.2) is 11.5 Å². The van der Waals surface area contributed by atoms with Crippen LogP contribution >= 0.6 is 0 Å². The summed E-state index contributed by atoms with van der Waals surface area (Å²) in [5.41, 5.74) is 5.29. The molecule has 3 heteroatoms. The fraction of sp³-hybridized carbons (Fsp3) is 0.364. The van der Waals surface area contributed by atoms with Crippen LogP contribution in [0.25, 0.3) is 0 Å². The molecule has 14 heavy (non-hydrogen) atoms. The van der Waals surface area contributed by atoms with Crippen LogP contribution in [0, 0.1) is 0 Å². The molecule has 0 unspecified atom stereocenters. The zero-order valence-corrected chi connectivity index (χ0v) is 8.49. The molecule has 0 saturated heterocycles. The van der Waals surface area contributed by atoms with Crippen molar-refractivity contribution in [1.29, 1.82) is 0 Å². The monoisotopic (exact) mass is 193 g/mol. The first-order valence-corrected chi connectivity index (χ1v) is 4.50. The van der Waals surface area contributed by atoms with Crippen molar-refractivity contribution in [1.82, 2.24) is 0 Å². The number of carbonyl (C=O) groups is 1. The van der Waals surface area contributed by atoms with Gasteiger partial charge in [0, 0.05) is 0 Å². The fourth-order valence-corrected chi connectivity index (χ4v) is 0.909. The van der Waals surface area contributed by atoms with Gasteiger partial charge in [-0.15, -0.1) is 0 Å². The van der Waals surface area contributed by atoms with Gasteiger partial charge in [0.2, 0.25) is 5.91 Å². The summed E-state index contributed by atoms with van der Waals surface area (Å²) in [4.78, 5) is 10.9. The Hall–Kier alpha value is -1.35. The average Bonchev–Trinajstić information content (AvgIpc) is 2.16. The Kier molecular flexibility index (Phi) is 3.25. The highest BCUT2D eigenvalue weighted by atomic mass is 16.5. The number of hydrogen-bond donors (Lipinski definition) is 1. The Labute approximate surface area is 83.9 Å². The highest BCUT2D eigenvalue weighted by Gasteiger charge is 2.25. The zero-order chi connectivity index (χ0) is 10.6. The molecule has 1 amide bonds. The lowest BCUT2D eigenvalue weighted by molar-refractivity contribution is -0.140. The van der Waals surface area contributed by atoms with E-state index >= 15 is 0 Å². The topological polar surface area (TPSA) is 52.3 Å². The number of nitrogens with two attached hydrogens (primary N) is 1. The number of hydrogen-bond acceptors (Lipinski definition) is 2. The van der Waals surface area contributed by atoms with Gasteiger partial charge in [0.1, 0.15) is 5.60 Å². The number of primary amides is 1. The summed E-state index contributed by atoms with van der Waals surface area (Å²) in [5, 5.41) is 0. The Bertz CT molecular complexity index is 306. The summed E-state index contributed by atoms with van der Waals surface area (Å²) in [6.07, 6.45) is 0. The van der Waals surface area contributed by atoms with Crippen molar-refractivity contribution in [3.05, 3.63) is 35.9 Å². The molecular formula is C11H15NO2. The van der Waals surface area contributed by atoms with Gasteiger partial charge in [0.15, 0.2) is 0 Å². The van der Waals surface area contributed by atoms with Crippen LogP contribution in [0.2, 0.25) is 0 Å². The molecule has 0 aliphatic carbocycles. The summed E-state index contributed by atoms with van der Waals surface area (Å²) < 4.78 is 5.40. The van der Waals surface area contributed by atoms with Crippen molar-refractivity contribution < 1.29 is 9.53 Å². The van der Waals surface area contributed by atoms with Crippen LogP contribution in [0.1, 0.15) is 19.4 Å². The molecule has 1 aromatic carbocycles. The third-order valence-electron chi connectivity index (χ3n) is 2.04. The molecule has 76 valence electrons. The van der Waals surface area contributed by atoms with Crippen LogP contribution in [0.4, 0.5) is 0 Å². The molecule has 1 rings (SSSR count). The molecular weight excluding hydrogens is 178 g/mol. The van der Waals surface area contributed by atoms with Crippen molar-refractivity contribution in [2.75, 3.05) is 0 Å². The van der Waals surface area contributed by atoms with Crippen LogP contribution in [0.5, 0.6) is 0 Å². The molecule has 3 nitrogen and oxygen atoms in total. The van der Waals surface area contributed by atoms with E-state index in [1.165, 1.54) is 0 Å². The molecule has 0 saturated carbocycles. The molecule has 0 aliphatic heterocycles. The second-order valence-corrected chi connectivity index (χ2v) is 3.65. The quantitative estimate of drug-likeness (QED) is 0.787. The standard InChI is InChI=1S/C11H15NO2/c1-11(2,10(12)13)14-8-9-6-4-3-5-7-9/h3-7H,8H2,1-2H3,(H2,12,13). The van der Waals surface area contributed by atoms with E-state index in [4.69, 9.17) is 10.5 Å². The van der Waals surface area contributed by atoms with Crippen LogP contribution in [0.3, 0.4) is 0 Å². The molecule has 1 aromatic rings. The molecule has 0 radical (unpaired) electrons. The number of carbonyl (C=O) groups excluding carboxylic acids is 1. The summed E-state index contributed by atoms with van der Waals surface area (Å²) in [5.74, 6) is -0.451. The number of rotatable bonds is 4. The predicted molar refractivity (Wildman–Crippen MR) is 54.5 cm³/mol. The SMILES string of the molecule is CC(C)(OCc1ccccc1)C(N)=O. The minimum Gasteiger partial charge on any atom is -0.367 e. The van der Waals surface area contributed by atoms with Crippen LogP contribution in [0.15, 0.2) is 30.3 Å². The van der Waals surface area contributed by atoms with E-state index in [1.807, 2.05) is 30.3 Å². The summed E-state index contributed by atoms with van der Waals surface area (Å²) in [7, 11) is 0. The minimum atomic E-state index is -0.907. The van der Waals surface area contributed by atoms with Crippen LogP contribution < -0.4 is 5.73 Å². The van der Waals surface area contributed by atoms with Gasteiger partial charge in [-0.3, -0.25) is 4.79 Å². The Morgan fingerprint density at radius 3 is 2.43 bits per heavy atom. The first-order chi connectivity index (χ1) is 6.52. The normalized spacial score (nSPS) is 11.3. The first-order valence-electron chi connectivity index (χ1n) is 4.50. The van der Waals surface area contributed by atoms with E-state index in [-0.39, 0.29) is 0 Å². The molecule has 2 N–H and O–H groups in total. The second kappa shape index (κ2) is 4.24. The molecule has 0 heterocycles. The second-order valence-electron chi connectivity index (χ2n) is 3.65. The number of ether oxygens (including phenoxy) is 1. The van der Waals surface area contributed by atoms with Gasteiger partial charge in [-0.2, -0.15) is 0 Å². The van der Waals surface area contributed by atoms with Crippen molar-refractivity contribution in [3.8, 4) is 0 Å². The van der Waals surface area contributed by atoms with Crippen LogP contribution in [-0.2, 0) is 16.1 Å². The maximum atomic E-state index is 10.9. The largest absolute Gasteiger partial charge is 0.367 e. The Morgan fingerprint density at radius 1 is 1.36 bits per heavy atom. The maximum absolute atomic E-state index is 10.9. The van der Waals surface area contributed by atoms with E-state index in [0.29, 0.717) is 6.61 Å². The molecule has 0 aliphatic rings. The van der Waals surface area contributed by atoms with Crippen molar-refractivity contribution >= 4 is 5.91 Å². The van der Waals surface area contributed by atoms with Crippen molar-refractivity contribution in [3.63, 3.8) is 0 Å². The van der Waals surface area contributed by atoms with E-state index in [2.05, 4.69) is 0 Å². The molecule has 0 atom stereocenters. The van der Waals surface area contributed by atoms with Gasteiger partial charge < -0.3 is 10.5 Å². The third kappa shape index (κ3) is 2.85. The van der Waals surface area contributed by atoms with Gasteiger partial charge in [0.25, 0.3) is 0 Å². The van der Waals surface area contributed by atoms with E-state index < -0.39 is 11.5 Å². The van der Waals surface area contributed by atoms with E-state index in [9.17, 15) is 4.79 Å². The fourth-order valence-electron chi connectivity index (χ4n) is 0.909. The predicted octanol–water partition coefficient (Wildman–Crippen LogP) is 1.47. The number of amides is 1. The number of benzene rings is 1. The first kappa shape index (κ1) is 10.7. The summed E-state index contributed by atoms with van der Waals surface area (Å²) >= 11 is 0. The van der Waals surface area contributed by atoms with Gasteiger partial charge in [-0.05, 0) is 19.4 Å². The van der Waals surface area contributed by atoms with E-state index in [1.54, 1.807) is 13.8 Å².